The lowest BCUT2D eigenvalue weighted by molar-refractivity contribution is -0.177. The summed E-state index contributed by atoms with van der Waals surface area (Å²) in [6.45, 7) is 9.21. The van der Waals surface area contributed by atoms with Crippen LogP contribution in [-0.4, -0.2) is 33.8 Å². The maximum absolute atomic E-state index is 12.8. The predicted molar refractivity (Wildman–Crippen MR) is 72.7 cm³/mol. The summed E-state index contributed by atoms with van der Waals surface area (Å²) in [6, 6.07) is -1.06. The van der Waals surface area contributed by atoms with Crippen molar-refractivity contribution in [2.45, 2.75) is 53.5 Å². The molecule has 0 spiro atoms. The number of hydrogen-bond donors (Lipinski definition) is 1. The molecule has 1 aliphatic heterocycles. The molecule has 2 bridgehead atoms. The Morgan fingerprint density at radius 1 is 1.30 bits per heavy atom. The number of fused-ring (bicyclic) bond motifs is 2. The van der Waals surface area contributed by atoms with Gasteiger partial charge >= 0.3 is 5.97 Å². The number of imide groups is 1. The average Bonchev–Trinajstić information content (AvgIpc) is 2.49. The molecule has 2 fully saturated rings. The molecule has 0 unspecified atom stereocenters. The molecule has 1 N–H and O–H groups in total. The maximum atomic E-state index is 12.8. The van der Waals surface area contributed by atoms with Crippen molar-refractivity contribution in [3.8, 4) is 0 Å². The maximum Gasteiger partial charge on any atom is 0.327 e. The third kappa shape index (κ3) is 1.64. The van der Waals surface area contributed by atoms with Crippen LogP contribution in [0.25, 0.3) is 0 Å². The standard InChI is InChI=1S/C15H23NO4/c1-8(2)10(12(18)19)16-11(17)9-6-7-15(5,13(16)20)14(9,3)4/h8-10H,6-7H2,1-5H3,(H,18,19)/t9-,10+,15-/m0/s1. The van der Waals surface area contributed by atoms with Crippen LogP contribution in [0.1, 0.15) is 47.5 Å². The van der Waals surface area contributed by atoms with Crippen LogP contribution in [0.15, 0.2) is 0 Å². The van der Waals surface area contributed by atoms with Crippen LogP contribution in [0.3, 0.4) is 0 Å². The molecule has 0 aromatic carbocycles. The van der Waals surface area contributed by atoms with E-state index in [2.05, 4.69) is 0 Å². The van der Waals surface area contributed by atoms with Crippen molar-refractivity contribution in [3.05, 3.63) is 0 Å². The van der Waals surface area contributed by atoms with E-state index in [1.807, 2.05) is 20.8 Å². The summed E-state index contributed by atoms with van der Waals surface area (Å²) in [5.74, 6) is -2.29. The van der Waals surface area contributed by atoms with Gasteiger partial charge in [-0.1, -0.05) is 34.6 Å². The quantitative estimate of drug-likeness (QED) is 0.802. The Kier molecular flexibility index (Phi) is 3.23. The summed E-state index contributed by atoms with van der Waals surface area (Å²) < 4.78 is 0. The number of piperidine rings is 1. The second-order valence-electron chi connectivity index (χ2n) is 7.19. The fourth-order valence-electron chi connectivity index (χ4n) is 3.81. The fraction of sp³-hybridized carbons (Fsp3) is 0.800. The van der Waals surface area contributed by atoms with Crippen LogP contribution in [0, 0.1) is 22.7 Å². The molecule has 3 atom stereocenters. The zero-order chi connectivity index (χ0) is 15.5. The van der Waals surface area contributed by atoms with Gasteiger partial charge in [0.15, 0.2) is 0 Å². The van der Waals surface area contributed by atoms with Crippen LogP contribution < -0.4 is 0 Å². The van der Waals surface area contributed by atoms with Gasteiger partial charge in [0.25, 0.3) is 0 Å². The molecule has 5 heteroatoms. The molecule has 2 amide bonds. The predicted octanol–water partition coefficient (Wildman–Crippen LogP) is 1.91. The zero-order valence-electron chi connectivity index (χ0n) is 12.8. The number of likely N-dealkylation sites (tertiary alicyclic amines) is 1. The first-order chi connectivity index (χ1) is 9.05. The molecule has 0 aromatic rings. The molecule has 0 radical (unpaired) electrons. The number of carbonyl (C=O) groups is 3. The fourth-order valence-corrected chi connectivity index (χ4v) is 3.81. The highest BCUT2D eigenvalue weighted by Gasteiger charge is 2.65. The van der Waals surface area contributed by atoms with E-state index in [4.69, 9.17) is 0 Å². The minimum Gasteiger partial charge on any atom is -0.480 e. The van der Waals surface area contributed by atoms with E-state index in [0.29, 0.717) is 12.8 Å². The number of carboxylic acids is 1. The van der Waals surface area contributed by atoms with Crippen molar-refractivity contribution in [2.24, 2.45) is 22.7 Å². The Labute approximate surface area is 119 Å². The first-order valence-corrected chi connectivity index (χ1v) is 7.16. The summed E-state index contributed by atoms with van der Waals surface area (Å²) in [5, 5.41) is 9.39. The lowest BCUT2D eigenvalue weighted by Gasteiger charge is -2.49. The van der Waals surface area contributed by atoms with Crippen molar-refractivity contribution < 1.29 is 19.5 Å². The summed E-state index contributed by atoms with van der Waals surface area (Å²) in [6.07, 6.45) is 1.31. The lowest BCUT2D eigenvalue weighted by atomic mass is 9.62. The Morgan fingerprint density at radius 3 is 2.30 bits per heavy atom. The number of hydrogen-bond acceptors (Lipinski definition) is 3. The SMILES string of the molecule is CC(C)[C@H](C(=O)O)N1C(=O)[C@@H]2CC[C@@](C)(C1=O)C2(C)C. The highest BCUT2D eigenvalue weighted by atomic mass is 16.4. The molecular weight excluding hydrogens is 258 g/mol. The van der Waals surface area contributed by atoms with Gasteiger partial charge < -0.3 is 5.11 Å². The number of rotatable bonds is 3. The largest absolute Gasteiger partial charge is 0.480 e. The minimum absolute atomic E-state index is 0.259. The van der Waals surface area contributed by atoms with Gasteiger partial charge in [-0.3, -0.25) is 14.5 Å². The van der Waals surface area contributed by atoms with Crippen molar-refractivity contribution in [1.29, 1.82) is 0 Å². The number of carboxylic acid groups (broad SMARTS) is 1. The highest BCUT2D eigenvalue weighted by molar-refractivity contribution is 6.06. The van der Waals surface area contributed by atoms with E-state index >= 15 is 0 Å². The highest BCUT2D eigenvalue weighted by Crippen LogP contribution is 2.60. The Bertz CT molecular complexity index is 482. The van der Waals surface area contributed by atoms with Gasteiger partial charge in [-0.05, 0) is 24.2 Å². The molecule has 2 aliphatic rings. The van der Waals surface area contributed by atoms with E-state index in [9.17, 15) is 19.5 Å². The summed E-state index contributed by atoms with van der Waals surface area (Å²) in [5.41, 5.74) is -1.05. The summed E-state index contributed by atoms with van der Waals surface area (Å²) in [4.78, 5) is 38.0. The molecule has 2 rings (SSSR count). The van der Waals surface area contributed by atoms with Gasteiger partial charge in [0.1, 0.15) is 6.04 Å². The molecule has 5 nitrogen and oxygen atoms in total. The van der Waals surface area contributed by atoms with Gasteiger partial charge in [0.05, 0.1) is 5.41 Å². The van der Waals surface area contributed by atoms with Gasteiger partial charge in [-0.15, -0.1) is 0 Å². The Hall–Kier alpha value is -1.39. The van der Waals surface area contributed by atoms with Crippen molar-refractivity contribution in [2.75, 3.05) is 0 Å². The molecule has 1 aliphatic carbocycles. The van der Waals surface area contributed by atoms with Gasteiger partial charge in [-0.2, -0.15) is 0 Å². The monoisotopic (exact) mass is 281 g/mol. The van der Waals surface area contributed by atoms with Gasteiger partial charge in [0, 0.05) is 5.92 Å². The van der Waals surface area contributed by atoms with Crippen molar-refractivity contribution in [3.63, 3.8) is 0 Å². The third-order valence-corrected chi connectivity index (χ3v) is 5.62. The number of carbonyl (C=O) groups excluding carboxylic acids is 2. The smallest absolute Gasteiger partial charge is 0.327 e. The molecule has 1 saturated carbocycles. The number of aliphatic carboxylic acids is 1. The van der Waals surface area contributed by atoms with Crippen LogP contribution in [-0.2, 0) is 14.4 Å². The molecule has 20 heavy (non-hydrogen) atoms. The van der Waals surface area contributed by atoms with E-state index < -0.39 is 22.8 Å². The average molecular weight is 281 g/mol. The summed E-state index contributed by atoms with van der Waals surface area (Å²) in [7, 11) is 0. The molecule has 1 heterocycles. The number of amides is 2. The molecule has 0 aromatic heterocycles. The first kappa shape index (κ1) is 15.0. The topological polar surface area (TPSA) is 74.7 Å². The van der Waals surface area contributed by atoms with E-state index in [-0.39, 0.29) is 23.7 Å². The molecule has 1 saturated heterocycles. The zero-order valence-corrected chi connectivity index (χ0v) is 12.8. The third-order valence-electron chi connectivity index (χ3n) is 5.62. The molecular formula is C15H23NO4. The first-order valence-electron chi connectivity index (χ1n) is 7.16. The second kappa shape index (κ2) is 4.30. The second-order valence-corrected chi connectivity index (χ2v) is 7.19. The molecule has 112 valence electrons. The van der Waals surface area contributed by atoms with Gasteiger partial charge in [-0.25, -0.2) is 4.79 Å². The Morgan fingerprint density at radius 2 is 1.85 bits per heavy atom. The van der Waals surface area contributed by atoms with Crippen LogP contribution >= 0.6 is 0 Å². The van der Waals surface area contributed by atoms with Gasteiger partial charge in [0.2, 0.25) is 11.8 Å². The lowest BCUT2D eigenvalue weighted by Crippen LogP contribution is -2.64. The normalized spacial score (nSPS) is 33.7. The van der Waals surface area contributed by atoms with Crippen LogP contribution in [0.2, 0.25) is 0 Å². The van der Waals surface area contributed by atoms with Crippen molar-refractivity contribution in [1.82, 2.24) is 4.90 Å². The van der Waals surface area contributed by atoms with Crippen LogP contribution in [0.5, 0.6) is 0 Å². The van der Waals surface area contributed by atoms with E-state index in [1.165, 1.54) is 0 Å². The van der Waals surface area contributed by atoms with E-state index in [0.717, 1.165) is 4.90 Å². The van der Waals surface area contributed by atoms with Crippen LogP contribution in [0.4, 0.5) is 0 Å². The number of nitrogens with zero attached hydrogens (tertiary/aromatic N) is 1. The summed E-state index contributed by atoms with van der Waals surface area (Å²) >= 11 is 0. The van der Waals surface area contributed by atoms with E-state index in [1.54, 1.807) is 13.8 Å². The van der Waals surface area contributed by atoms with Crippen molar-refractivity contribution >= 4 is 17.8 Å². The minimum atomic E-state index is -1.11. The Balaban J connectivity index is 2.51.